The fourth-order valence-electron chi connectivity index (χ4n) is 1.54. The standard InChI is InChI=1S/C14H19ClN2O6S/c1-9(18)13(14(20)23-8-12(19)17(2)3)16-24(21,22)11-6-4-10(15)5-7-11/h4-7,9,13,16,18H,8H2,1-3H3/t9-,13+/m1/s1. The van der Waals surface area contributed by atoms with Crippen LogP contribution in [0.4, 0.5) is 0 Å². The predicted molar refractivity (Wildman–Crippen MR) is 86.9 cm³/mol. The molecule has 0 aliphatic carbocycles. The monoisotopic (exact) mass is 378 g/mol. The number of hydrogen-bond donors (Lipinski definition) is 2. The van der Waals surface area contributed by atoms with Crippen molar-refractivity contribution in [3.63, 3.8) is 0 Å². The van der Waals surface area contributed by atoms with Crippen molar-refractivity contribution in [1.82, 2.24) is 9.62 Å². The molecule has 0 spiro atoms. The molecule has 1 aromatic carbocycles. The van der Waals surface area contributed by atoms with Crippen molar-refractivity contribution in [3.8, 4) is 0 Å². The third-order valence-electron chi connectivity index (χ3n) is 2.98. The van der Waals surface area contributed by atoms with Gasteiger partial charge in [-0.3, -0.25) is 9.59 Å². The minimum atomic E-state index is -4.09. The number of esters is 1. The van der Waals surface area contributed by atoms with Crippen molar-refractivity contribution in [2.75, 3.05) is 20.7 Å². The second-order valence-electron chi connectivity index (χ2n) is 5.19. The highest BCUT2D eigenvalue weighted by molar-refractivity contribution is 7.89. The lowest BCUT2D eigenvalue weighted by molar-refractivity contribution is -0.154. The van der Waals surface area contributed by atoms with Gasteiger partial charge < -0.3 is 14.7 Å². The van der Waals surface area contributed by atoms with E-state index in [2.05, 4.69) is 4.72 Å². The van der Waals surface area contributed by atoms with Crippen molar-refractivity contribution in [2.24, 2.45) is 0 Å². The maximum absolute atomic E-state index is 12.3. The Balaban J connectivity index is 2.87. The zero-order chi connectivity index (χ0) is 18.5. The number of likely N-dealkylation sites (N-methyl/N-ethyl adjacent to an activating group) is 1. The van der Waals surface area contributed by atoms with Gasteiger partial charge in [0, 0.05) is 19.1 Å². The molecule has 0 saturated heterocycles. The number of sulfonamides is 1. The number of rotatable bonds is 7. The lowest BCUT2D eigenvalue weighted by Gasteiger charge is -2.20. The van der Waals surface area contributed by atoms with E-state index in [1.54, 1.807) is 0 Å². The molecule has 8 nitrogen and oxygen atoms in total. The molecule has 0 aliphatic heterocycles. The summed E-state index contributed by atoms with van der Waals surface area (Å²) in [6.45, 7) is 0.668. The van der Waals surface area contributed by atoms with E-state index in [1.807, 2.05) is 0 Å². The van der Waals surface area contributed by atoms with E-state index >= 15 is 0 Å². The minimum absolute atomic E-state index is 0.130. The number of nitrogens with one attached hydrogen (secondary N) is 1. The van der Waals surface area contributed by atoms with Crippen LogP contribution in [-0.2, 0) is 24.3 Å². The van der Waals surface area contributed by atoms with Crippen LogP contribution in [0.3, 0.4) is 0 Å². The predicted octanol–water partition coefficient (Wildman–Crippen LogP) is -0.000900. The normalized spacial score (nSPS) is 13.9. The minimum Gasteiger partial charge on any atom is -0.454 e. The van der Waals surface area contributed by atoms with Crippen molar-refractivity contribution in [2.45, 2.75) is 24.0 Å². The van der Waals surface area contributed by atoms with Gasteiger partial charge in [-0.05, 0) is 31.2 Å². The van der Waals surface area contributed by atoms with E-state index in [9.17, 15) is 23.1 Å². The first-order valence-electron chi connectivity index (χ1n) is 6.87. The number of nitrogens with zero attached hydrogens (tertiary/aromatic N) is 1. The Morgan fingerprint density at radius 3 is 2.29 bits per heavy atom. The zero-order valence-corrected chi connectivity index (χ0v) is 15.0. The number of aliphatic hydroxyl groups excluding tert-OH is 1. The average Bonchev–Trinajstić information content (AvgIpc) is 2.50. The second-order valence-corrected chi connectivity index (χ2v) is 7.34. The Kier molecular flexibility index (Phi) is 7.15. The molecule has 1 rings (SSSR count). The second kappa shape index (κ2) is 8.43. The molecule has 0 aromatic heterocycles. The number of carbonyl (C=O) groups is 2. The molecular formula is C14H19ClN2O6S. The number of hydrogen-bond acceptors (Lipinski definition) is 6. The molecule has 24 heavy (non-hydrogen) atoms. The SMILES string of the molecule is C[C@@H](O)[C@H](NS(=O)(=O)c1ccc(Cl)cc1)C(=O)OCC(=O)N(C)C. The van der Waals surface area contributed by atoms with Gasteiger partial charge in [-0.15, -0.1) is 0 Å². The van der Waals surface area contributed by atoms with Gasteiger partial charge in [-0.2, -0.15) is 4.72 Å². The molecule has 0 fully saturated rings. The Hall–Kier alpha value is -1.68. The zero-order valence-electron chi connectivity index (χ0n) is 13.4. The molecule has 0 radical (unpaired) electrons. The lowest BCUT2D eigenvalue weighted by Crippen LogP contribution is -2.49. The van der Waals surface area contributed by atoms with Crippen LogP contribution in [0.1, 0.15) is 6.92 Å². The summed E-state index contributed by atoms with van der Waals surface area (Å²) in [5, 5.41) is 10.0. The van der Waals surface area contributed by atoms with Gasteiger partial charge in [0.05, 0.1) is 11.0 Å². The fraction of sp³-hybridized carbons (Fsp3) is 0.429. The maximum Gasteiger partial charge on any atom is 0.327 e. The Morgan fingerprint density at radius 2 is 1.83 bits per heavy atom. The smallest absolute Gasteiger partial charge is 0.327 e. The first-order chi connectivity index (χ1) is 11.0. The maximum atomic E-state index is 12.3. The van der Waals surface area contributed by atoms with E-state index < -0.39 is 40.7 Å². The summed E-state index contributed by atoms with van der Waals surface area (Å²) < 4.78 is 31.3. The summed E-state index contributed by atoms with van der Waals surface area (Å²) in [4.78, 5) is 24.5. The Labute approximate surface area is 145 Å². The lowest BCUT2D eigenvalue weighted by atomic mass is 10.2. The van der Waals surface area contributed by atoms with Crippen LogP contribution >= 0.6 is 11.6 Å². The van der Waals surface area contributed by atoms with Gasteiger partial charge in [0.15, 0.2) is 6.61 Å². The quantitative estimate of drug-likeness (QED) is 0.646. The molecule has 0 heterocycles. The third-order valence-corrected chi connectivity index (χ3v) is 4.69. The highest BCUT2D eigenvalue weighted by atomic mass is 35.5. The Morgan fingerprint density at radius 1 is 1.29 bits per heavy atom. The van der Waals surface area contributed by atoms with Crippen molar-refractivity contribution < 1.29 is 27.9 Å². The van der Waals surface area contributed by atoms with Gasteiger partial charge in [0.2, 0.25) is 10.0 Å². The number of benzene rings is 1. The van der Waals surface area contributed by atoms with Crippen LogP contribution in [0.2, 0.25) is 5.02 Å². The molecule has 1 aromatic rings. The van der Waals surface area contributed by atoms with Gasteiger partial charge in [-0.1, -0.05) is 11.6 Å². The number of halogens is 1. The molecule has 2 atom stereocenters. The first kappa shape index (κ1) is 20.4. The van der Waals surface area contributed by atoms with Gasteiger partial charge in [0.1, 0.15) is 6.04 Å². The summed E-state index contributed by atoms with van der Waals surface area (Å²) in [6.07, 6.45) is -1.37. The molecule has 0 aliphatic rings. The highest BCUT2D eigenvalue weighted by Gasteiger charge is 2.31. The van der Waals surface area contributed by atoms with Crippen LogP contribution in [0.5, 0.6) is 0 Å². The van der Waals surface area contributed by atoms with E-state index in [4.69, 9.17) is 16.3 Å². The van der Waals surface area contributed by atoms with E-state index in [1.165, 1.54) is 50.2 Å². The number of amides is 1. The molecule has 1 amide bonds. The molecule has 0 saturated carbocycles. The fourth-order valence-corrected chi connectivity index (χ4v) is 2.93. The number of aliphatic hydroxyl groups is 1. The van der Waals surface area contributed by atoms with Gasteiger partial charge >= 0.3 is 5.97 Å². The molecular weight excluding hydrogens is 360 g/mol. The summed E-state index contributed by atoms with van der Waals surface area (Å²) in [6, 6.07) is 3.71. The number of ether oxygens (including phenoxy) is 1. The van der Waals surface area contributed by atoms with E-state index in [-0.39, 0.29) is 4.90 Å². The van der Waals surface area contributed by atoms with Crippen LogP contribution in [0.25, 0.3) is 0 Å². The van der Waals surface area contributed by atoms with Crippen LogP contribution in [0.15, 0.2) is 29.2 Å². The topological polar surface area (TPSA) is 113 Å². The van der Waals surface area contributed by atoms with Crippen LogP contribution in [-0.4, -0.2) is 63.1 Å². The van der Waals surface area contributed by atoms with E-state index in [0.717, 1.165) is 0 Å². The molecule has 0 unspecified atom stereocenters. The molecule has 10 heteroatoms. The third kappa shape index (κ3) is 5.75. The number of carbonyl (C=O) groups excluding carboxylic acids is 2. The molecule has 0 bridgehead atoms. The highest BCUT2D eigenvalue weighted by Crippen LogP contribution is 2.15. The van der Waals surface area contributed by atoms with Gasteiger partial charge in [-0.25, -0.2) is 8.42 Å². The van der Waals surface area contributed by atoms with Gasteiger partial charge in [0.25, 0.3) is 5.91 Å². The molecule has 2 N–H and O–H groups in total. The van der Waals surface area contributed by atoms with Crippen LogP contribution in [0, 0.1) is 0 Å². The largest absolute Gasteiger partial charge is 0.454 e. The summed E-state index contributed by atoms with van der Waals surface area (Å²) in [5.41, 5.74) is 0. The summed E-state index contributed by atoms with van der Waals surface area (Å²) >= 11 is 5.70. The van der Waals surface area contributed by atoms with Crippen molar-refractivity contribution in [3.05, 3.63) is 29.3 Å². The summed E-state index contributed by atoms with van der Waals surface area (Å²) in [5.74, 6) is -1.54. The van der Waals surface area contributed by atoms with E-state index in [0.29, 0.717) is 5.02 Å². The van der Waals surface area contributed by atoms with Crippen LogP contribution < -0.4 is 4.72 Å². The van der Waals surface area contributed by atoms with Crippen molar-refractivity contribution in [1.29, 1.82) is 0 Å². The molecule has 134 valence electrons. The average molecular weight is 379 g/mol. The first-order valence-corrected chi connectivity index (χ1v) is 8.73. The Bertz CT molecular complexity index is 688. The summed E-state index contributed by atoms with van der Waals surface area (Å²) in [7, 11) is -1.13. The van der Waals surface area contributed by atoms with Crippen molar-refractivity contribution >= 4 is 33.5 Å².